The number of pyridine rings is 1. The van der Waals surface area contributed by atoms with Crippen molar-refractivity contribution < 1.29 is 22.7 Å². The minimum atomic E-state index is -4.44. The lowest BCUT2D eigenvalue weighted by molar-refractivity contribution is -0.137. The summed E-state index contributed by atoms with van der Waals surface area (Å²) >= 11 is 9.92. The van der Waals surface area contributed by atoms with Gasteiger partial charge in [0.25, 0.3) is 0 Å². The summed E-state index contributed by atoms with van der Waals surface area (Å²) in [6.07, 6.45) is -3.94. The second kappa shape index (κ2) is 8.89. The first-order valence-electron chi connectivity index (χ1n) is 10.5. The summed E-state index contributed by atoms with van der Waals surface area (Å²) < 4.78 is 46.3. The number of carbonyl (C=O) groups is 1. The highest BCUT2D eigenvalue weighted by atomic mass is 79.9. The maximum absolute atomic E-state index is 13.1. The fourth-order valence-corrected chi connectivity index (χ4v) is 4.83. The number of alkyl halides is 3. The number of halogens is 5. The molecule has 0 saturated carbocycles. The Hall–Kier alpha value is -2.58. The molecule has 1 atom stereocenters. The molecule has 0 aliphatic carbocycles. The van der Waals surface area contributed by atoms with E-state index in [0.717, 1.165) is 16.6 Å². The molecule has 0 unspecified atom stereocenters. The fourth-order valence-electron chi connectivity index (χ4n) is 4.07. The SMILES string of the molecule is CC(=O)N[C@@H]1CC(C)(C)Oc2nc(-c3ccc(Br)cc3Cl)c(-c3ccc(C(F)(F)F)cc3)cc21. The van der Waals surface area contributed by atoms with E-state index in [1.54, 1.807) is 12.1 Å². The molecule has 0 bridgehead atoms. The summed E-state index contributed by atoms with van der Waals surface area (Å²) in [5.41, 5.74) is 1.50. The summed E-state index contributed by atoms with van der Waals surface area (Å²) in [5.74, 6) is 0.143. The molecule has 1 aliphatic heterocycles. The molecule has 4 nitrogen and oxygen atoms in total. The number of hydrogen-bond acceptors (Lipinski definition) is 3. The highest BCUT2D eigenvalue weighted by molar-refractivity contribution is 9.10. The smallest absolute Gasteiger partial charge is 0.416 e. The number of carbonyl (C=O) groups excluding carboxylic acids is 1. The predicted octanol–water partition coefficient (Wildman–Crippen LogP) is 7.59. The van der Waals surface area contributed by atoms with Crippen molar-refractivity contribution in [1.29, 1.82) is 0 Å². The molecule has 1 aromatic heterocycles. The third kappa shape index (κ3) is 5.08. The van der Waals surface area contributed by atoms with Gasteiger partial charge in [0.05, 0.1) is 22.3 Å². The van der Waals surface area contributed by atoms with Crippen molar-refractivity contribution in [2.24, 2.45) is 0 Å². The number of ether oxygens (including phenoxy) is 1. The predicted molar refractivity (Wildman–Crippen MR) is 129 cm³/mol. The minimum absolute atomic E-state index is 0.204. The van der Waals surface area contributed by atoms with Crippen molar-refractivity contribution in [1.82, 2.24) is 10.3 Å². The molecule has 1 aliphatic rings. The zero-order valence-corrected chi connectivity index (χ0v) is 20.9. The van der Waals surface area contributed by atoms with Crippen LogP contribution in [0.15, 0.2) is 53.0 Å². The molecular formula is C25H21BrClF3N2O2. The van der Waals surface area contributed by atoms with Crippen molar-refractivity contribution in [3.05, 3.63) is 69.2 Å². The quantitative estimate of drug-likeness (QED) is 0.364. The van der Waals surface area contributed by atoms with Crippen LogP contribution in [-0.2, 0) is 11.0 Å². The summed E-state index contributed by atoms with van der Waals surface area (Å²) in [7, 11) is 0. The first kappa shape index (κ1) is 24.5. The van der Waals surface area contributed by atoms with Crippen LogP contribution in [0.25, 0.3) is 22.4 Å². The Kier molecular flexibility index (Phi) is 6.42. The third-order valence-electron chi connectivity index (χ3n) is 5.55. The molecule has 1 N–H and O–H groups in total. The van der Waals surface area contributed by atoms with E-state index >= 15 is 0 Å². The average molecular weight is 554 g/mol. The molecule has 2 aromatic carbocycles. The fraction of sp³-hybridized carbons (Fsp3) is 0.280. The van der Waals surface area contributed by atoms with E-state index in [4.69, 9.17) is 21.3 Å². The van der Waals surface area contributed by atoms with Crippen molar-refractivity contribution in [3.8, 4) is 28.3 Å². The number of rotatable bonds is 3. The second-order valence-electron chi connectivity index (χ2n) is 8.80. The van der Waals surface area contributed by atoms with Crippen LogP contribution in [0.3, 0.4) is 0 Å². The van der Waals surface area contributed by atoms with Gasteiger partial charge in [-0.15, -0.1) is 0 Å². The number of benzene rings is 2. The van der Waals surface area contributed by atoms with Crippen LogP contribution in [0, 0.1) is 0 Å². The monoisotopic (exact) mass is 552 g/mol. The van der Waals surface area contributed by atoms with Crippen molar-refractivity contribution in [3.63, 3.8) is 0 Å². The molecule has 0 spiro atoms. The van der Waals surface area contributed by atoms with E-state index in [1.165, 1.54) is 19.1 Å². The van der Waals surface area contributed by atoms with Crippen LogP contribution in [0.5, 0.6) is 5.88 Å². The van der Waals surface area contributed by atoms with Crippen molar-refractivity contribution in [2.45, 2.75) is 45.0 Å². The molecule has 178 valence electrons. The summed E-state index contributed by atoms with van der Waals surface area (Å²) in [4.78, 5) is 16.7. The maximum Gasteiger partial charge on any atom is 0.416 e. The standard InChI is InChI=1S/C25H21BrClF3N2O2/c1-13(33)31-21-12-24(2,3)34-23-19(21)11-18(14-4-6-15(7-5-14)25(28,29)30)22(32-23)17-9-8-16(26)10-20(17)27/h4-11,21H,12H2,1-3H3,(H,31,33)/t21-/m1/s1. The first-order chi connectivity index (χ1) is 15.8. The number of aromatic nitrogens is 1. The number of amides is 1. The van der Waals surface area contributed by atoms with E-state index in [1.807, 2.05) is 26.0 Å². The number of fused-ring (bicyclic) bond motifs is 1. The van der Waals surface area contributed by atoms with Crippen LogP contribution in [0.4, 0.5) is 13.2 Å². The Morgan fingerprint density at radius 3 is 2.41 bits per heavy atom. The summed E-state index contributed by atoms with van der Waals surface area (Å²) in [6.45, 7) is 5.24. The molecule has 0 fully saturated rings. The van der Waals surface area contributed by atoms with Gasteiger partial charge < -0.3 is 10.1 Å². The summed E-state index contributed by atoms with van der Waals surface area (Å²) in [5, 5.41) is 3.36. The minimum Gasteiger partial charge on any atom is -0.471 e. The molecule has 4 rings (SSSR count). The van der Waals surface area contributed by atoms with Gasteiger partial charge in [-0.2, -0.15) is 13.2 Å². The topological polar surface area (TPSA) is 51.2 Å². The average Bonchev–Trinajstić information content (AvgIpc) is 2.71. The summed E-state index contributed by atoms with van der Waals surface area (Å²) in [6, 6.07) is 11.6. The van der Waals surface area contributed by atoms with E-state index in [0.29, 0.717) is 45.3 Å². The largest absolute Gasteiger partial charge is 0.471 e. The molecule has 9 heteroatoms. The van der Waals surface area contributed by atoms with Gasteiger partial charge in [-0.25, -0.2) is 4.98 Å². The van der Waals surface area contributed by atoms with Crippen LogP contribution < -0.4 is 10.1 Å². The van der Waals surface area contributed by atoms with E-state index in [-0.39, 0.29) is 11.9 Å². The first-order valence-corrected chi connectivity index (χ1v) is 11.7. The Morgan fingerprint density at radius 1 is 1.15 bits per heavy atom. The van der Waals surface area contributed by atoms with Gasteiger partial charge in [-0.3, -0.25) is 4.79 Å². The number of nitrogens with zero attached hydrogens (tertiary/aromatic N) is 1. The van der Waals surface area contributed by atoms with Crippen LogP contribution in [0.1, 0.15) is 44.4 Å². The lowest BCUT2D eigenvalue weighted by Crippen LogP contribution is -2.41. The normalized spacial score (nSPS) is 17.0. The van der Waals surface area contributed by atoms with Gasteiger partial charge in [-0.1, -0.05) is 45.7 Å². The zero-order chi connectivity index (χ0) is 24.8. The third-order valence-corrected chi connectivity index (χ3v) is 6.35. The van der Waals surface area contributed by atoms with Crippen molar-refractivity contribution in [2.75, 3.05) is 0 Å². The lowest BCUT2D eigenvalue weighted by atomic mass is 9.88. The zero-order valence-electron chi connectivity index (χ0n) is 18.6. The maximum atomic E-state index is 13.1. The molecule has 3 aromatic rings. The van der Waals surface area contributed by atoms with Crippen LogP contribution >= 0.6 is 27.5 Å². The van der Waals surface area contributed by atoms with Crippen LogP contribution in [0.2, 0.25) is 5.02 Å². The number of hydrogen-bond donors (Lipinski definition) is 1. The Balaban J connectivity index is 1.95. The molecule has 2 heterocycles. The Labute approximate surface area is 208 Å². The molecule has 0 saturated heterocycles. The lowest BCUT2D eigenvalue weighted by Gasteiger charge is -2.37. The Bertz CT molecular complexity index is 1260. The van der Waals surface area contributed by atoms with Gasteiger partial charge in [0.1, 0.15) is 5.60 Å². The molecule has 1 amide bonds. The van der Waals surface area contributed by atoms with Gasteiger partial charge in [0.15, 0.2) is 0 Å². The molecule has 34 heavy (non-hydrogen) atoms. The Morgan fingerprint density at radius 2 is 1.82 bits per heavy atom. The molecular weight excluding hydrogens is 533 g/mol. The highest BCUT2D eigenvalue weighted by Crippen LogP contribution is 2.45. The molecule has 0 radical (unpaired) electrons. The van der Waals surface area contributed by atoms with Gasteiger partial charge in [-0.05, 0) is 49.7 Å². The van der Waals surface area contributed by atoms with E-state index in [9.17, 15) is 18.0 Å². The number of nitrogens with one attached hydrogen (secondary N) is 1. The van der Waals surface area contributed by atoms with Crippen molar-refractivity contribution >= 4 is 33.4 Å². The van der Waals surface area contributed by atoms with Gasteiger partial charge >= 0.3 is 6.18 Å². The van der Waals surface area contributed by atoms with E-state index in [2.05, 4.69) is 21.2 Å². The van der Waals surface area contributed by atoms with E-state index < -0.39 is 17.3 Å². The second-order valence-corrected chi connectivity index (χ2v) is 10.1. The highest BCUT2D eigenvalue weighted by Gasteiger charge is 2.36. The van der Waals surface area contributed by atoms with Gasteiger partial charge in [0, 0.05) is 34.5 Å². The van der Waals surface area contributed by atoms with Crippen LogP contribution in [-0.4, -0.2) is 16.5 Å². The van der Waals surface area contributed by atoms with Gasteiger partial charge in [0.2, 0.25) is 11.8 Å².